The van der Waals surface area contributed by atoms with E-state index in [4.69, 9.17) is 4.74 Å². The summed E-state index contributed by atoms with van der Waals surface area (Å²) in [5.41, 5.74) is 0. The molecule has 0 saturated carbocycles. The Morgan fingerprint density at radius 1 is 1.33 bits per heavy atom. The summed E-state index contributed by atoms with van der Waals surface area (Å²) in [5.74, 6) is 2.56. The van der Waals surface area contributed by atoms with E-state index in [0.29, 0.717) is 5.92 Å². The summed E-state index contributed by atoms with van der Waals surface area (Å²) in [6, 6.07) is 8.11. The standard InChI is InChI=1S/C17H23N3O/c1-20-10-4-5-13(12-20)11-19-17-15-6-3-7-16(21-2)14(15)8-9-18-17/h3,6-9,13H,4-5,10-12H2,1-2H3,(H,18,19). The zero-order chi connectivity index (χ0) is 14.7. The number of hydrogen-bond donors (Lipinski definition) is 1. The van der Waals surface area contributed by atoms with Crippen LogP contribution in [-0.2, 0) is 0 Å². The first-order chi connectivity index (χ1) is 10.3. The van der Waals surface area contributed by atoms with Crippen LogP contribution in [0.1, 0.15) is 12.8 Å². The second kappa shape index (κ2) is 6.31. The SMILES string of the molecule is COc1cccc2c(NCC3CCCN(C)C3)nccc12. The molecule has 1 N–H and O–H groups in total. The number of pyridine rings is 1. The molecule has 0 amide bonds. The molecular weight excluding hydrogens is 262 g/mol. The largest absolute Gasteiger partial charge is 0.496 e. The van der Waals surface area contributed by atoms with Gasteiger partial charge >= 0.3 is 0 Å². The van der Waals surface area contributed by atoms with Crippen LogP contribution in [0.5, 0.6) is 5.75 Å². The second-order valence-electron chi connectivity index (χ2n) is 5.87. The van der Waals surface area contributed by atoms with E-state index in [0.717, 1.165) is 28.9 Å². The highest BCUT2D eigenvalue weighted by Gasteiger charge is 2.17. The van der Waals surface area contributed by atoms with E-state index in [9.17, 15) is 0 Å². The fourth-order valence-electron chi connectivity index (χ4n) is 3.18. The topological polar surface area (TPSA) is 37.4 Å². The average Bonchev–Trinajstić information content (AvgIpc) is 2.52. The van der Waals surface area contributed by atoms with Gasteiger partial charge in [0.25, 0.3) is 0 Å². The third-order valence-corrected chi connectivity index (χ3v) is 4.27. The Balaban J connectivity index is 1.78. The van der Waals surface area contributed by atoms with Gasteiger partial charge in [-0.3, -0.25) is 0 Å². The van der Waals surface area contributed by atoms with Crippen molar-refractivity contribution in [2.45, 2.75) is 12.8 Å². The molecule has 0 aliphatic carbocycles. The smallest absolute Gasteiger partial charge is 0.133 e. The van der Waals surface area contributed by atoms with Crippen molar-refractivity contribution in [1.29, 1.82) is 0 Å². The molecule has 1 aliphatic rings. The fourth-order valence-corrected chi connectivity index (χ4v) is 3.18. The average molecular weight is 285 g/mol. The van der Waals surface area contributed by atoms with Gasteiger partial charge in [0.05, 0.1) is 7.11 Å². The Morgan fingerprint density at radius 3 is 3.05 bits per heavy atom. The number of fused-ring (bicyclic) bond motifs is 1. The number of nitrogens with one attached hydrogen (secondary N) is 1. The number of aromatic nitrogens is 1. The van der Waals surface area contributed by atoms with E-state index in [1.165, 1.54) is 25.9 Å². The van der Waals surface area contributed by atoms with Crippen LogP contribution in [0.2, 0.25) is 0 Å². The van der Waals surface area contributed by atoms with Crippen LogP contribution >= 0.6 is 0 Å². The van der Waals surface area contributed by atoms with Crippen LogP contribution in [0.3, 0.4) is 0 Å². The van der Waals surface area contributed by atoms with Crippen molar-refractivity contribution in [3.8, 4) is 5.75 Å². The first-order valence-corrected chi connectivity index (χ1v) is 7.62. The molecule has 4 nitrogen and oxygen atoms in total. The molecule has 21 heavy (non-hydrogen) atoms. The minimum atomic E-state index is 0.700. The lowest BCUT2D eigenvalue weighted by molar-refractivity contribution is 0.217. The van der Waals surface area contributed by atoms with Crippen molar-refractivity contribution in [2.75, 3.05) is 39.1 Å². The summed E-state index contributed by atoms with van der Waals surface area (Å²) in [4.78, 5) is 6.92. The number of nitrogens with zero attached hydrogens (tertiary/aromatic N) is 2. The molecule has 0 radical (unpaired) electrons. The van der Waals surface area contributed by atoms with Gasteiger partial charge in [-0.05, 0) is 44.5 Å². The van der Waals surface area contributed by atoms with E-state index in [-0.39, 0.29) is 0 Å². The molecule has 0 spiro atoms. The molecule has 1 aromatic heterocycles. The summed E-state index contributed by atoms with van der Waals surface area (Å²) in [6.07, 6.45) is 4.44. The highest BCUT2D eigenvalue weighted by Crippen LogP contribution is 2.29. The van der Waals surface area contributed by atoms with Gasteiger partial charge in [-0.15, -0.1) is 0 Å². The normalized spacial score (nSPS) is 19.6. The lowest BCUT2D eigenvalue weighted by Crippen LogP contribution is -2.35. The number of hydrogen-bond acceptors (Lipinski definition) is 4. The molecule has 0 bridgehead atoms. The number of ether oxygens (including phenoxy) is 1. The summed E-state index contributed by atoms with van der Waals surface area (Å²) >= 11 is 0. The van der Waals surface area contributed by atoms with Gasteiger partial charge in [0.1, 0.15) is 11.6 Å². The molecule has 4 heteroatoms. The summed E-state index contributed by atoms with van der Waals surface area (Å²) < 4.78 is 5.43. The number of anilines is 1. The zero-order valence-electron chi connectivity index (χ0n) is 12.8. The van der Waals surface area contributed by atoms with Crippen LogP contribution in [0, 0.1) is 5.92 Å². The van der Waals surface area contributed by atoms with Crippen molar-refractivity contribution in [3.63, 3.8) is 0 Å². The van der Waals surface area contributed by atoms with Crippen molar-refractivity contribution >= 4 is 16.6 Å². The quantitative estimate of drug-likeness (QED) is 0.937. The lowest BCUT2D eigenvalue weighted by Gasteiger charge is -2.29. The third-order valence-electron chi connectivity index (χ3n) is 4.27. The van der Waals surface area contributed by atoms with Gasteiger partial charge in [-0.2, -0.15) is 0 Å². The Labute approximate surface area is 126 Å². The van der Waals surface area contributed by atoms with Gasteiger partial charge in [-0.1, -0.05) is 12.1 Å². The van der Waals surface area contributed by atoms with Crippen LogP contribution in [-0.4, -0.2) is 43.7 Å². The summed E-state index contributed by atoms with van der Waals surface area (Å²) in [5, 5.41) is 5.77. The minimum Gasteiger partial charge on any atom is -0.496 e. The first kappa shape index (κ1) is 14.1. The van der Waals surface area contributed by atoms with Crippen LogP contribution in [0.4, 0.5) is 5.82 Å². The van der Waals surface area contributed by atoms with Crippen molar-refractivity contribution in [1.82, 2.24) is 9.88 Å². The Kier molecular flexibility index (Phi) is 4.25. The number of methoxy groups -OCH3 is 1. The van der Waals surface area contributed by atoms with E-state index in [1.807, 2.05) is 24.4 Å². The van der Waals surface area contributed by atoms with Gasteiger partial charge in [0.15, 0.2) is 0 Å². The Hall–Kier alpha value is -1.81. The fraction of sp³-hybridized carbons (Fsp3) is 0.471. The van der Waals surface area contributed by atoms with Gasteiger partial charge in [0.2, 0.25) is 0 Å². The summed E-state index contributed by atoms with van der Waals surface area (Å²) in [7, 11) is 3.91. The molecule has 1 saturated heterocycles. The second-order valence-corrected chi connectivity index (χ2v) is 5.87. The molecule has 1 aromatic carbocycles. The van der Waals surface area contributed by atoms with Crippen molar-refractivity contribution in [2.24, 2.45) is 5.92 Å². The summed E-state index contributed by atoms with van der Waals surface area (Å²) in [6.45, 7) is 3.37. The maximum absolute atomic E-state index is 5.43. The van der Waals surface area contributed by atoms with Gasteiger partial charge in [-0.25, -0.2) is 4.98 Å². The van der Waals surface area contributed by atoms with Crippen molar-refractivity contribution in [3.05, 3.63) is 30.5 Å². The number of piperidine rings is 1. The third kappa shape index (κ3) is 3.10. The van der Waals surface area contributed by atoms with E-state index in [2.05, 4.69) is 28.3 Å². The predicted molar refractivity (Wildman–Crippen MR) is 87.0 cm³/mol. The molecule has 1 aliphatic heterocycles. The Morgan fingerprint density at radius 2 is 2.24 bits per heavy atom. The molecule has 1 unspecified atom stereocenters. The zero-order valence-corrected chi connectivity index (χ0v) is 12.8. The maximum Gasteiger partial charge on any atom is 0.133 e. The molecule has 112 valence electrons. The number of rotatable bonds is 4. The van der Waals surface area contributed by atoms with E-state index < -0.39 is 0 Å². The first-order valence-electron chi connectivity index (χ1n) is 7.62. The minimum absolute atomic E-state index is 0.700. The molecule has 1 fully saturated rings. The van der Waals surface area contributed by atoms with Crippen molar-refractivity contribution < 1.29 is 4.74 Å². The lowest BCUT2D eigenvalue weighted by atomic mass is 9.98. The van der Waals surface area contributed by atoms with Crippen LogP contribution in [0.15, 0.2) is 30.5 Å². The highest BCUT2D eigenvalue weighted by atomic mass is 16.5. The van der Waals surface area contributed by atoms with E-state index >= 15 is 0 Å². The number of benzene rings is 1. The molecule has 2 aromatic rings. The number of likely N-dealkylation sites (tertiary alicyclic amines) is 1. The van der Waals surface area contributed by atoms with Gasteiger partial charge in [0, 0.05) is 30.1 Å². The molecule has 2 heterocycles. The van der Waals surface area contributed by atoms with Crippen LogP contribution in [0.25, 0.3) is 10.8 Å². The monoisotopic (exact) mass is 285 g/mol. The Bertz CT molecular complexity index is 614. The maximum atomic E-state index is 5.43. The van der Waals surface area contributed by atoms with Crippen LogP contribution < -0.4 is 10.1 Å². The predicted octanol–water partition coefficient (Wildman–Crippen LogP) is 3.00. The van der Waals surface area contributed by atoms with E-state index in [1.54, 1.807) is 7.11 Å². The van der Waals surface area contributed by atoms with Gasteiger partial charge < -0.3 is 15.0 Å². The molecule has 3 rings (SSSR count). The molecule has 1 atom stereocenters. The molecular formula is C17H23N3O. The highest BCUT2D eigenvalue weighted by molar-refractivity contribution is 5.95.